The number of aromatic nitrogens is 1. The largest absolute Gasteiger partial charge is 0.348 e. The summed E-state index contributed by atoms with van der Waals surface area (Å²) in [5.74, 6) is 0.0467. The fourth-order valence-corrected chi connectivity index (χ4v) is 4.94. The molecule has 2 aromatic rings. The first kappa shape index (κ1) is 16.6. The molecule has 1 aliphatic carbocycles. The van der Waals surface area contributed by atoms with Gasteiger partial charge in [0.15, 0.2) is 0 Å². The van der Waals surface area contributed by atoms with Crippen LogP contribution in [0.2, 0.25) is 0 Å². The molecule has 1 aliphatic rings. The maximum Gasteiger partial charge on any atom is 0.234 e. The van der Waals surface area contributed by atoms with Gasteiger partial charge in [0.1, 0.15) is 5.01 Å². The van der Waals surface area contributed by atoms with Crippen molar-refractivity contribution >= 4 is 28.6 Å². The zero-order valence-electron chi connectivity index (χ0n) is 13.6. The molecule has 23 heavy (non-hydrogen) atoms. The van der Waals surface area contributed by atoms with Gasteiger partial charge >= 0.3 is 0 Å². The van der Waals surface area contributed by atoms with Gasteiger partial charge in [-0.1, -0.05) is 18.9 Å². The van der Waals surface area contributed by atoms with E-state index in [2.05, 4.69) is 27.1 Å². The number of amides is 1. The molecule has 124 valence electrons. The normalized spacial score (nSPS) is 18.0. The highest BCUT2D eigenvalue weighted by Gasteiger charge is 2.38. The summed E-state index contributed by atoms with van der Waals surface area (Å²) in [5.41, 5.74) is 0.955. The van der Waals surface area contributed by atoms with Crippen LogP contribution in [0.25, 0.3) is 0 Å². The highest BCUT2D eigenvalue weighted by molar-refractivity contribution is 7.10. The summed E-state index contributed by atoms with van der Waals surface area (Å²) >= 11 is 3.38. The smallest absolute Gasteiger partial charge is 0.234 e. The Morgan fingerprint density at radius 3 is 2.78 bits per heavy atom. The van der Waals surface area contributed by atoms with Gasteiger partial charge in [-0.25, -0.2) is 4.98 Å². The van der Waals surface area contributed by atoms with Crippen LogP contribution in [0, 0.1) is 6.92 Å². The second-order valence-corrected chi connectivity index (χ2v) is 8.08. The van der Waals surface area contributed by atoms with E-state index in [4.69, 9.17) is 0 Å². The molecule has 2 aromatic heterocycles. The summed E-state index contributed by atoms with van der Waals surface area (Å²) < 4.78 is 0. The van der Waals surface area contributed by atoms with Crippen molar-refractivity contribution < 1.29 is 4.79 Å². The summed E-state index contributed by atoms with van der Waals surface area (Å²) in [6, 6.07) is 4.13. The lowest BCUT2D eigenvalue weighted by Crippen LogP contribution is -2.45. The standard InChI is InChI=1S/C17H23N3OS2/c1-12-11-23-16(19-12)17(7-3-4-8-17)18-10-15(21)20-13(2)14-6-5-9-22-14/h5-6,9,11,13,18H,3-4,7-8,10H2,1-2H3,(H,20,21). The van der Waals surface area contributed by atoms with E-state index in [0.717, 1.165) is 23.5 Å². The number of aryl methyl sites for hydroxylation is 1. The molecule has 6 heteroatoms. The minimum absolute atomic E-state index is 0.0467. The third-order valence-electron chi connectivity index (χ3n) is 4.42. The van der Waals surface area contributed by atoms with Crippen LogP contribution in [-0.2, 0) is 10.3 Å². The Bertz CT molecular complexity index is 645. The van der Waals surface area contributed by atoms with Gasteiger partial charge in [-0.3, -0.25) is 10.1 Å². The van der Waals surface area contributed by atoms with Crippen molar-refractivity contribution in [1.82, 2.24) is 15.6 Å². The Hall–Kier alpha value is -1.24. The van der Waals surface area contributed by atoms with E-state index >= 15 is 0 Å². The average Bonchev–Trinajstić information content (AvgIpc) is 3.27. The first-order valence-corrected chi connectivity index (χ1v) is 9.85. The number of nitrogens with one attached hydrogen (secondary N) is 2. The minimum Gasteiger partial charge on any atom is -0.348 e. The lowest BCUT2D eigenvalue weighted by Gasteiger charge is -2.28. The summed E-state index contributed by atoms with van der Waals surface area (Å²) in [6.07, 6.45) is 4.51. The van der Waals surface area contributed by atoms with Gasteiger partial charge in [-0.2, -0.15) is 0 Å². The number of thiazole rings is 1. The molecule has 2 N–H and O–H groups in total. The van der Waals surface area contributed by atoms with E-state index in [-0.39, 0.29) is 17.5 Å². The molecule has 1 unspecified atom stereocenters. The van der Waals surface area contributed by atoms with Crippen LogP contribution in [0.1, 0.15) is 54.2 Å². The van der Waals surface area contributed by atoms with Crippen LogP contribution < -0.4 is 10.6 Å². The third kappa shape index (κ3) is 3.82. The molecule has 3 rings (SSSR count). The van der Waals surface area contributed by atoms with Gasteiger partial charge in [0.05, 0.1) is 18.1 Å². The van der Waals surface area contributed by atoms with Crippen LogP contribution in [0.15, 0.2) is 22.9 Å². The van der Waals surface area contributed by atoms with Crippen molar-refractivity contribution in [3.8, 4) is 0 Å². The van der Waals surface area contributed by atoms with Crippen molar-refractivity contribution in [3.05, 3.63) is 38.5 Å². The lowest BCUT2D eigenvalue weighted by atomic mass is 9.98. The van der Waals surface area contributed by atoms with Gasteiger partial charge in [0.25, 0.3) is 0 Å². The first-order chi connectivity index (χ1) is 11.1. The number of thiophene rings is 1. The summed E-state index contributed by atoms with van der Waals surface area (Å²) in [6.45, 7) is 4.39. The monoisotopic (exact) mass is 349 g/mol. The maximum atomic E-state index is 12.3. The second kappa shape index (κ2) is 7.11. The van der Waals surface area contributed by atoms with Gasteiger partial charge in [-0.05, 0) is 38.1 Å². The average molecular weight is 350 g/mol. The molecule has 0 radical (unpaired) electrons. The fourth-order valence-electron chi connectivity index (χ4n) is 3.17. The van der Waals surface area contributed by atoms with Gasteiger partial charge in [0, 0.05) is 16.0 Å². The summed E-state index contributed by atoms with van der Waals surface area (Å²) in [4.78, 5) is 18.2. The number of hydrogen-bond donors (Lipinski definition) is 2. The first-order valence-electron chi connectivity index (χ1n) is 8.09. The second-order valence-electron chi connectivity index (χ2n) is 6.24. The Labute approximate surface area is 145 Å². The van der Waals surface area contributed by atoms with E-state index in [1.807, 2.05) is 25.3 Å². The Kier molecular flexibility index (Phi) is 5.14. The third-order valence-corrected chi connectivity index (χ3v) is 6.64. The van der Waals surface area contributed by atoms with Crippen LogP contribution in [-0.4, -0.2) is 17.4 Å². The number of carbonyl (C=O) groups excluding carboxylic acids is 1. The van der Waals surface area contributed by atoms with Crippen molar-refractivity contribution in [2.45, 2.75) is 51.1 Å². The lowest BCUT2D eigenvalue weighted by molar-refractivity contribution is -0.121. The fraction of sp³-hybridized carbons (Fsp3) is 0.529. The predicted octanol–water partition coefficient (Wildman–Crippen LogP) is 3.75. The SMILES string of the molecule is Cc1csc(C2(NCC(=O)NC(C)c3cccs3)CCCC2)n1. The molecular weight excluding hydrogens is 326 g/mol. The van der Waals surface area contributed by atoms with Crippen LogP contribution in [0.3, 0.4) is 0 Å². The maximum absolute atomic E-state index is 12.3. The molecular formula is C17H23N3OS2. The zero-order chi connectivity index (χ0) is 16.3. The van der Waals surface area contributed by atoms with E-state index in [9.17, 15) is 4.79 Å². The van der Waals surface area contributed by atoms with E-state index in [1.54, 1.807) is 22.7 Å². The molecule has 1 saturated carbocycles. The quantitative estimate of drug-likeness (QED) is 0.835. The molecule has 4 nitrogen and oxygen atoms in total. The van der Waals surface area contributed by atoms with Gasteiger partial charge in [-0.15, -0.1) is 22.7 Å². The zero-order valence-corrected chi connectivity index (χ0v) is 15.2. The molecule has 0 aromatic carbocycles. The van der Waals surface area contributed by atoms with Crippen molar-refractivity contribution in [1.29, 1.82) is 0 Å². The van der Waals surface area contributed by atoms with Crippen LogP contribution >= 0.6 is 22.7 Å². The Morgan fingerprint density at radius 1 is 1.39 bits per heavy atom. The van der Waals surface area contributed by atoms with E-state index in [1.165, 1.54) is 17.7 Å². The molecule has 0 aliphatic heterocycles. The van der Waals surface area contributed by atoms with Crippen LogP contribution in [0.5, 0.6) is 0 Å². The molecule has 1 atom stereocenters. The van der Waals surface area contributed by atoms with Gasteiger partial charge < -0.3 is 5.32 Å². The van der Waals surface area contributed by atoms with Crippen LogP contribution in [0.4, 0.5) is 0 Å². The van der Waals surface area contributed by atoms with Crippen molar-refractivity contribution in [3.63, 3.8) is 0 Å². The minimum atomic E-state index is -0.109. The molecule has 0 bridgehead atoms. The Balaban J connectivity index is 1.60. The van der Waals surface area contributed by atoms with Crippen molar-refractivity contribution in [2.24, 2.45) is 0 Å². The van der Waals surface area contributed by atoms with Crippen molar-refractivity contribution in [2.75, 3.05) is 6.54 Å². The molecule has 1 amide bonds. The number of hydrogen-bond acceptors (Lipinski definition) is 5. The number of rotatable bonds is 6. The molecule has 1 fully saturated rings. The molecule has 0 saturated heterocycles. The highest BCUT2D eigenvalue weighted by atomic mass is 32.1. The number of nitrogens with zero attached hydrogens (tertiary/aromatic N) is 1. The summed E-state index contributed by atoms with van der Waals surface area (Å²) in [5, 5.41) is 11.8. The highest BCUT2D eigenvalue weighted by Crippen LogP contribution is 2.39. The summed E-state index contributed by atoms with van der Waals surface area (Å²) in [7, 11) is 0. The van der Waals surface area contributed by atoms with Gasteiger partial charge in [0.2, 0.25) is 5.91 Å². The molecule has 2 heterocycles. The van der Waals surface area contributed by atoms with E-state index in [0.29, 0.717) is 6.54 Å². The topological polar surface area (TPSA) is 54.0 Å². The predicted molar refractivity (Wildman–Crippen MR) is 95.9 cm³/mol. The number of carbonyl (C=O) groups is 1. The Morgan fingerprint density at radius 2 is 2.17 bits per heavy atom. The molecule has 0 spiro atoms. The van der Waals surface area contributed by atoms with E-state index < -0.39 is 0 Å².